The Hall–Kier alpha value is -1.85. The lowest BCUT2D eigenvalue weighted by atomic mass is 10.1. The van der Waals surface area contributed by atoms with Gasteiger partial charge in [0.15, 0.2) is 0 Å². The highest BCUT2D eigenvalue weighted by Crippen LogP contribution is 2.09. The molecule has 1 rings (SSSR count). The number of aliphatic carboxylic acids is 1. The van der Waals surface area contributed by atoms with Crippen LogP contribution in [0.1, 0.15) is 20.3 Å². The first-order valence-electron chi connectivity index (χ1n) is 4.81. The Morgan fingerprint density at radius 1 is 1.38 bits per heavy atom. The van der Waals surface area contributed by atoms with Crippen molar-refractivity contribution in [2.75, 3.05) is 6.61 Å². The Balaban J connectivity index is 2.69. The van der Waals surface area contributed by atoms with Crippen LogP contribution >= 0.6 is 0 Å². The van der Waals surface area contributed by atoms with Crippen LogP contribution in [-0.4, -0.2) is 35.6 Å². The quantitative estimate of drug-likeness (QED) is 0.516. The van der Waals surface area contributed by atoms with Crippen LogP contribution < -0.4 is 5.32 Å². The van der Waals surface area contributed by atoms with E-state index >= 15 is 0 Å². The Morgan fingerprint density at radius 2 is 2.00 bits per heavy atom. The lowest BCUT2D eigenvalue weighted by molar-refractivity contribution is -0.141. The van der Waals surface area contributed by atoms with Crippen molar-refractivity contribution in [2.45, 2.75) is 26.3 Å². The van der Waals surface area contributed by atoms with Crippen molar-refractivity contribution < 1.29 is 24.2 Å². The topological polar surface area (TPSA) is 92.7 Å². The Kier molecular flexibility index (Phi) is 3.65. The maximum atomic E-state index is 11.6. The Labute approximate surface area is 92.3 Å². The molecule has 6 heteroatoms. The number of carboxylic acids is 1. The molecule has 1 fully saturated rings. The number of ether oxygens (including phenoxy) is 1. The lowest BCUT2D eigenvalue weighted by Crippen LogP contribution is -2.38. The molecule has 0 radical (unpaired) electrons. The van der Waals surface area contributed by atoms with Crippen molar-refractivity contribution in [3.8, 4) is 0 Å². The highest BCUT2D eigenvalue weighted by atomic mass is 16.5. The van der Waals surface area contributed by atoms with Gasteiger partial charge in [-0.3, -0.25) is 4.79 Å². The molecular weight excluding hydrogens is 214 g/mol. The highest BCUT2D eigenvalue weighted by Gasteiger charge is 2.28. The maximum Gasteiger partial charge on any atom is 0.331 e. The summed E-state index contributed by atoms with van der Waals surface area (Å²) in [6.45, 7) is 3.02. The molecular formula is C10H13NO5. The first-order valence-corrected chi connectivity index (χ1v) is 4.81. The molecule has 0 aromatic heterocycles. The van der Waals surface area contributed by atoms with Crippen molar-refractivity contribution in [3.05, 3.63) is 11.1 Å². The molecule has 1 aliphatic rings. The molecule has 1 amide bonds. The summed E-state index contributed by atoms with van der Waals surface area (Å²) >= 11 is 0. The van der Waals surface area contributed by atoms with Crippen LogP contribution in [0, 0.1) is 0 Å². The number of hydrogen-bond acceptors (Lipinski definition) is 4. The largest absolute Gasteiger partial charge is 0.478 e. The second kappa shape index (κ2) is 4.78. The average molecular weight is 227 g/mol. The van der Waals surface area contributed by atoms with Gasteiger partial charge < -0.3 is 15.2 Å². The number of esters is 1. The zero-order chi connectivity index (χ0) is 12.3. The summed E-state index contributed by atoms with van der Waals surface area (Å²) in [5.41, 5.74) is 0.0519. The van der Waals surface area contributed by atoms with Crippen LogP contribution in [-0.2, 0) is 19.1 Å². The van der Waals surface area contributed by atoms with Crippen molar-refractivity contribution >= 4 is 17.8 Å². The molecule has 16 heavy (non-hydrogen) atoms. The number of nitrogens with one attached hydrogen (secondary N) is 1. The van der Waals surface area contributed by atoms with E-state index in [1.54, 1.807) is 0 Å². The molecule has 1 heterocycles. The number of carboxylic acid groups (broad SMARTS) is 1. The van der Waals surface area contributed by atoms with Gasteiger partial charge in [-0.1, -0.05) is 0 Å². The fraction of sp³-hybridized carbons (Fsp3) is 0.500. The fourth-order valence-corrected chi connectivity index (χ4v) is 1.22. The Morgan fingerprint density at radius 3 is 2.44 bits per heavy atom. The van der Waals surface area contributed by atoms with Gasteiger partial charge in [-0.25, -0.2) is 9.59 Å². The number of amides is 1. The van der Waals surface area contributed by atoms with E-state index in [0.717, 1.165) is 0 Å². The van der Waals surface area contributed by atoms with Crippen LogP contribution in [0.3, 0.4) is 0 Å². The summed E-state index contributed by atoms with van der Waals surface area (Å²) in [5, 5.41) is 11.1. The molecule has 0 spiro atoms. The number of carbonyl (C=O) groups excluding carboxylic acids is 2. The van der Waals surface area contributed by atoms with Crippen molar-refractivity contribution in [3.63, 3.8) is 0 Å². The lowest BCUT2D eigenvalue weighted by Gasteiger charge is -2.09. The molecule has 1 saturated heterocycles. The third-order valence-electron chi connectivity index (χ3n) is 2.46. The predicted molar refractivity (Wildman–Crippen MR) is 53.5 cm³/mol. The molecule has 2 N–H and O–H groups in total. The van der Waals surface area contributed by atoms with Gasteiger partial charge in [-0.15, -0.1) is 0 Å². The zero-order valence-electron chi connectivity index (χ0n) is 9.07. The summed E-state index contributed by atoms with van der Waals surface area (Å²) in [7, 11) is 0. The summed E-state index contributed by atoms with van der Waals surface area (Å²) in [6.07, 6.45) is 0.421. The van der Waals surface area contributed by atoms with Gasteiger partial charge in [-0.05, 0) is 13.8 Å². The van der Waals surface area contributed by atoms with Crippen molar-refractivity contribution in [1.82, 2.24) is 5.32 Å². The van der Waals surface area contributed by atoms with Gasteiger partial charge >= 0.3 is 11.9 Å². The third-order valence-corrected chi connectivity index (χ3v) is 2.46. The molecule has 0 aromatic carbocycles. The van der Waals surface area contributed by atoms with Gasteiger partial charge in [-0.2, -0.15) is 0 Å². The van der Waals surface area contributed by atoms with Crippen LogP contribution in [0.5, 0.6) is 0 Å². The van der Waals surface area contributed by atoms with Gasteiger partial charge in [0.25, 0.3) is 0 Å². The minimum Gasteiger partial charge on any atom is -0.478 e. The summed E-state index contributed by atoms with van der Waals surface area (Å²) in [4.78, 5) is 33.2. The zero-order valence-corrected chi connectivity index (χ0v) is 9.07. The SMILES string of the molecule is CC(C(=O)O)=C(C)C(=O)NC1CCOC1=O. The normalized spacial score (nSPS) is 21.1. The molecule has 0 saturated carbocycles. The molecule has 0 aliphatic carbocycles. The van der Waals surface area contributed by atoms with Crippen molar-refractivity contribution in [2.24, 2.45) is 0 Å². The highest BCUT2D eigenvalue weighted by molar-refractivity contribution is 6.02. The van der Waals surface area contributed by atoms with E-state index in [0.29, 0.717) is 6.42 Å². The summed E-state index contributed by atoms with van der Waals surface area (Å²) in [6, 6.07) is -0.663. The molecule has 1 unspecified atom stereocenters. The number of rotatable bonds is 3. The maximum absolute atomic E-state index is 11.6. The van der Waals surface area contributed by atoms with E-state index in [1.165, 1.54) is 13.8 Å². The van der Waals surface area contributed by atoms with E-state index in [1.807, 2.05) is 0 Å². The number of hydrogen-bond donors (Lipinski definition) is 2. The van der Waals surface area contributed by atoms with Gasteiger partial charge in [0.1, 0.15) is 6.04 Å². The van der Waals surface area contributed by atoms with Crippen LogP contribution in [0.25, 0.3) is 0 Å². The van der Waals surface area contributed by atoms with Gasteiger partial charge in [0, 0.05) is 17.6 Å². The number of cyclic esters (lactones) is 1. The third kappa shape index (κ3) is 2.59. The van der Waals surface area contributed by atoms with E-state index < -0.39 is 23.9 Å². The minimum atomic E-state index is -1.15. The molecule has 0 bridgehead atoms. The van der Waals surface area contributed by atoms with Crippen LogP contribution in [0.15, 0.2) is 11.1 Å². The molecule has 1 aliphatic heterocycles. The molecule has 6 nitrogen and oxygen atoms in total. The van der Waals surface area contributed by atoms with Crippen LogP contribution in [0.4, 0.5) is 0 Å². The van der Waals surface area contributed by atoms with E-state index in [9.17, 15) is 14.4 Å². The fourth-order valence-electron chi connectivity index (χ4n) is 1.22. The number of carbonyl (C=O) groups is 3. The molecule has 88 valence electrons. The van der Waals surface area contributed by atoms with Gasteiger partial charge in [0.2, 0.25) is 5.91 Å². The first-order chi connectivity index (χ1) is 7.43. The monoisotopic (exact) mass is 227 g/mol. The molecule has 0 aromatic rings. The predicted octanol–water partition coefficient (Wildman–Crippen LogP) is -0.161. The van der Waals surface area contributed by atoms with E-state index in [-0.39, 0.29) is 17.8 Å². The first kappa shape index (κ1) is 12.2. The van der Waals surface area contributed by atoms with E-state index in [4.69, 9.17) is 5.11 Å². The minimum absolute atomic E-state index is 0.0381. The van der Waals surface area contributed by atoms with Crippen molar-refractivity contribution in [1.29, 1.82) is 0 Å². The van der Waals surface area contributed by atoms with E-state index in [2.05, 4.69) is 10.1 Å². The Bertz CT molecular complexity index is 371. The second-order valence-electron chi connectivity index (χ2n) is 3.54. The standard InChI is InChI=1S/C10H13NO5/c1-5(6(2)9(13)14)8(12)11-7-3-4-16-10(7)15/h7H,3-4H2,1-2H3,(H,11,12)(H,13,14). The summed E-state index contributed by atoms with van der Waals surface area (Å²) in [5.74, 6) is -2.18. The van der Waals surface area contributed by atoms with Crippen LogP contribution in [0.2, 0.25) is 0 Å². The summed E-state index contributed by atoms with van der Waals surface area (Å²) < 4.78 is 4.67. The average Bonchev–Trinajstić information content (AvgIpc) is 2.62. The van der Waals surface area contributed by atoms with Gasteiger partial charge in [0.05, 0.1) is 6.61 Å². The molecule has 1 atom stereocenters. The smallest absolute Gasteiger partial charge is 0.331 e. The second-order valence-corrected chi connectivity index (χ2v) is 3.54.